The highest BCUT2D eigenvalue weighted by Crippen LogP contribution is 2.37. The summed E-state index contributed by atoms with van der Waals surface area (Å²) in [5.74, 6) is -2.53. The first-order valence-electron chi connectivity index (χ1n) is 14.4. The molecule has 4 rings (SSSR count). The minimum absolute atomic E-state index is 0.0135. The van der Waals surface area contributed by atoms with Crippen LogP contribution in [0.4, 0.5) is 22.0 Å². The predicted molar refractivity (Wildman–Crippen MR) is 158 cm³/mol. The molecule has 0 fully saturated rings. The second kappa shape index (κ2) is 14.7. The van der Waals surface area contributed by atoms with Crippen LogP contribution in [0, 0.1) is 11.6 Å². The average molecular weight is 618 g/mol. The molecule has 1 unspecified atom stereocenters. The van der Waals surface area contributed by atoms with E-state index in [1.807, 2.05) is 35.2 Å². The number of hydrogen-bond acceptors (Lipinski definition) is 5. The number of likely N-dealkylation sites (N-methyl/N-ethyl adjacent to an activating group) is 1. The van der Waals surface area contributed by atoms with Gasteiger partial charge in [0, 0.05) is 48.9 Å². The Morgan fingerprint density at radius 2 is 1.77 bits per heavy atom. The van der Waals surface area contributed by atoms with Crippen molar-refractivity contribution in [3.05, 3.63) is 107 Å². The van der Waals surface area contributed by atoms with Crippen LogP contribution in [0.5, 0.6) is 5.75 Å². The summed E-state index contributed by atoms with van der Waals surface area (Å²) in [5.41, 5.74) is 0.181. The van der Waals surface area contributed by atoms with E-state index in [9.17, 15) is 22.4 Å². The first kappa shape index (κ1) is 32.9. The monoisotopic (exact) mass is 617 g/mol. The predicted octanol–water partition coefficient (Wildman–Crippen LogP) is 7.08. The number of rotatable bonds is 13. The van der Waals surface area contributed by atoms with Crippen LogP contribution in [0.25, 0.3) is 5.57 Å². The number of nitrogens with zero attached hydrogens (tertiary/aromatic N) is 2. The Kier molecular flexibility index (Phi) is 11.0. The van der Waals surface area contributed by atoms with Crippen LogP contribution < -0.4 is 10.1 Å². The molecule has 6 nitrogen and oxygen atoms in total. The minimum atomic E-state index is -4.75. The molecule has 0 amide bonds. The fraction of sp³-hybridized carbons (Fsp3) is 0.364. The summed E-state index contributed by atoms with van der Waals surface area (Å²) in [6.07, 6.45) is -2.16. The van der Waals surface area contributed by atoms with Gasteiger partial charge in [0.15, 0.2) is 11.6 Å². The van der Waals surface area contributed by atoms with E-state index in [2.05, 4.69) is 5.32 Å². The number of hydrogen-bond donors (Lipinski definition) is 2. The van der Waals surface area contributed by atoms with Crippen molar-refractivity contribution < 1.29 is 36.6 Å². The lowest BCUT2D eigenvalue weighted by Gasteiger charge is -2.42. The Morgan fingerprint density at radius 3 is 2.45 bits per heavy atom. The average Bonchev–Trinajstić information content (AvgIpc) is 2.98. The molecule has 236 valence electrons. The SMILES string of the molecule is CN[C@@H](CN1C=C(c2cccc(OCCCCC(=O)O)c2F)C(C)N(Cc2c(F)cccc2C(F)(F)F)C1)c1ccccc1. The minimum Gasteiger partial charge on any atom is -0.490 e. The van der Waals surface area contributed by atoms with Crippen LogP contribution in [0.1, 0.15) is 54.5 Å². The maximum atomic E-state index is 15.9. The Morgan fingerprint density at radius 1 is 1.05 bits per heavy atom. The molecule has 0 bridgehead atoms. The smallest absolute Gasteiger partial charge is 0.416 e. The van der Waals surface area contributed by atoms with Gasteiger partial charge >= 0.3 is 12.1 Å². The lowest BCUT2D eigenvalue weighted by Crippen LogP contribution is -2.47. The molecule has 3 aromatic rings. The van der Waals surface area contributed by atoms with E-state index in [-0.39, 0.29) is 43.6 Å². The zero-order valence-corrected chi connectivity index (χ0v) is 24.6. The van der Waals surface area contributed by atoms with Crippen LogP contribution in [-0.4, -0.2) is 53.8 Å². The highest BCUT2D eigenvalue weighted by Gasteiger charge is 2.37. The van der Waals surface area contributed by atoms with E-state index in [0.717, 1.165) is 23.8 Å². The Balaban J connectivity index is 1.68. The molecule has 2 N–H and O–H groups in total. The van der Waals surface area contributed by atoms with Gasteiger partial charge < -0.3 is 20.1 Å². The maximum Gasteiger partial charge on any atom is 0.416 e. The summed E-state index contributed by atoms with van der Waals surface area (Å²) in [7, 11) is 1.80. The third-order valence-electron chi connectivity index (χ3n) is 7.75. The molecule has 2 atom stereocenters. The second-order valence-electron chi connectivity index (χ2n) is 10.8. The number of benzene rings is 3. The molecule has 0 radical (unpaired) electrons. The van der Waals surface area contributed by atoms with Gasteiger partial charge in [-0.3, -0.25) is 9.69 Å². The maximum absolute atomic E-state index is 15.9. The molecular weight excluding hydrogens is 581 g/mol. The molecule has 0 saturated heterocycles. The largest absolute Gasteiger partial charge is 0.490 e. The van der Waals surface area contributed by atoms with Crippen LogP contribution >= 0.6 is 0 Å². The topological polar surface area (TPSA) is 65.0 Å². The molecule has 1 aliphatic rings. The van der Waals surface area contributed by atoms with Crippen LogP contribution in [0.3, 0.4) is 0 Å². The van der Waals surface area contributed by atoms with Gasteiger partial charge in [-0.15, -0.1) is 0 Å². The van der Waals surface area contributed by atoms with Crippen molar-refractivity contribution in [3.8, 4) is 5.75 Å². The van der Waals surface area contributed by atoms with Crippen LogP contribution in [-0.2, 0) is 17.5 Å². The van der Waals surface area contributed by atoms with Gasteiger partial charge in [-0.05, 0) is 56.1 Å². The molecule has 0 aromatic heterocycles. The number of halogens is 5. The molecule has 0 spiro atoms. The molecular formula is C33H36F5N3O3. The number of ether oxygens (including phenoxy) is 1. The van der Waals surface area contributed by atoms with E-state index in [0.29, 0.717) is 25.0 Å². The van der Waals surface area contributed by atoms with E-state index in [1.165, 1.54) is 6.07 Å². The van der Waals surface area contributed by atoms with E-state index >= 15 is 4.39 Å². The summed E-state index contributed by atoms with van der Waals surface area (Å²) in [6, 6.07) is 16.5. The van der Waals surface area contributed by atoms with Crippen LogP contribution in [0.2, 0.25) is 0 Å². The molecule has 0 aliphatic carbocycles. The van der Waals surface area contributed by atoms with Gasteiger partial charge in [-0.2, -0.15) is 13.2 Å². The number of alkyl halides is 3. The van der Waals surface area contributed by atoms with Crippen molar-refractivity contribution >= 4 is 11.5 Å². The van der Waals surface area contributed by atoms with Gasteiger partial charge in [-0.25, -0.2) is 8.78 Å². The highest BCUT2D eigenvalue weighted by atomic mass is 19.4. The molecule has 1 heterocycles. The standard InChI is InChI=1S/C33H36F5N3O3/c1-22-25(24-12-8-15-30(32(24)35)44-17-7-6-16-31(42)43)18-40(20-29(39-2)23-10-4-3-5-11-23)21-41(22)19-26-27(33(36,37)38)13-9-14-28(26)34/h3-5,8-15,18,22,29,39H,6-7,16-17,19-21H2,1-2H3,(H,42,43)/t22?,29-/m0/s1. The van der Waals surface area contributed by atoms with E-state index < -0.39 is 40.9 Å². The van der Waals surface area contributed by atoms with Crippen molar-refractivity contribution in [2.75, 3.05) is 26.9 Å². The van der Waals surface area contributed by atoms with Gasteiger partial charge in [0.1, 0.15) is 5.82 Å². The summed E-state index contributed by atoms with van der Waals surface area (Å²) < 4.78 is 78.1. The summed E-state index contributed by atoms with van der Waals surface area (Å²) in [6.45, 7) is 2.09. The Bertz CT molecular complexity index is 1450. The molecule has 3 aromatic carbocycles. The fourth-order valence-electron chi connectivity index (χ4n) is 5.37. The fourth-order valence-corrected chi connectivity index (χ4v) is 5.37. The van der Waals surface area contributed by atoms with Gasteiger partial charge in [0.25, 0.3) is 0 Å². The first-order valence-corrected chi connectivity index (χ1v) is 14.4. The quantitative estimate of drug-likeness (QED) is 0.158. The van der Waals surface area contributed by atoms with Gasteiger partial charge in [0.2, 0.25) is 0 Å². The number of carboxylic acids is 1. The third-order valence-corrected chi connectivity index (χ3v) is 7.75. The number of unbranched alkanes of at least 4 members (excludes halogenated alkanes) is 1. The van der Waals surface area contributed by atoms with Crippen molar-refractivity contribution in [2.45, 2.75) is 51.0 Å². The third kappa shape index (κ3) is 8.15. The molecule has 1 aliphatic heterocycles. The number of nitrogens with one attached hydrogen (secondary N) is 1. The van der Waals surface area contributed by atoms with Gasteiger partial charge in [-0.1, -0.05) is 48.5 Å². The first-order chi connectivity index (χ1) is 21.0. The Hall–Kier alpha value is -3.96. The van der Waals surface area contributed by atoms with Crippen molar-refractivity contribution in [1.82, 2.24) is 15.1 Å². The summed E-state index contributed by atoms with van der Waals surface area (Å²) in [4.78, 5) is 14.3. The molecule has 44 heavy (non-hydrogen) atoms. The lowest BCUT2D eigenvalue weighted by molar-refractivity contribution is -0.139. The van der Waals surface area contributed by atoms with E-state index in [1.54, 1.807) is 37.2 Å². The van der Waals surface area contributed by atoms with Crippen molar-refractivity contribution in [3.63, 3.8) is 0 Å². The Labute approximate surface area is 253 Å². The van der Waals surface area contributed by atoms with Crippen molar-refractivity contribution in [2.24, 2.45) is 0 Å². The second-order valence-corrected chi connectivity index (χ2v) is 10.8. The number of carboxylic acid groups (broad SMARTS) is 1. The summed E-state index contributed by atoms with van der Waals surface area (Å²) >= 11 is 0. The molecule has 0 saturated carbocycles. The molecule has 11 heteroatoms. The van der Waals surface area contributed by atoms with E-state index in [4.69, 9.17) is 9.84 Å². The van der Waals surface area contributed by atoms with Crippen LogP contribution in [0.15, 0.2) is 72.9 Å². The summed E-state index contributed by atoms with van der Waals surface area (Å²) in [5, 5.41) is 12.1. The van der Waals surface area contributed by atoms with Gasteiger partial charge in [0.05, 0.1) is 18.8 Å². The van der Waals surface area contributed by atoms with Crippen molar-refractivity contribution in [1.29, 1.82) is 0 Å². The zero-order valence-electron chi connectivity index (χ0n) is 24.6. The number of aliphatic carboxylic acids is 1. The highest BCUT2D eigenvalue weighted by molar-refractivity contribution is 5.71. The normalized spacial score (nSPS) is 16.5. The zero-order chi connectivity index (χ0) is 31.9. The number of carbonyl (C=O) groups is 1. The lowest BCUT2D eigenvalue weighted by atomic mass is 9.95.